The number of alkyl halides is 3. The fourth-order valence-electron chi connectivity index (χ4n) is 3.17. The fraction of sp³-hybridized carbons (Fsp3) is 0.429. The van der Waals surface area contributed by atoms with Gasteiger partial charge in [-0.3, -0.25) is 14.6 Å². The lowest BCUT2D eigenvalue weighted by molar-refractivity contribution is -0.384. The lowest BCUT2D eigenvalue weighted by Gasteiger charge is -2.27. The number of aryl methyl sites for hydroxylation is 2. The summed E-state index contributed by atoms with van der Waals surface area (Å²) in [6, 6.07) is 9.39. The highest BCUT2D eigenvalue weighted by Crippen LogP contribution is 2.38. The molecule has 0 aliphatic heterocycles. The van der Waals surface area contributed by atoms with Crippen LogP contribution in [0.25, 0.3) is 0 Å². The molecular weight excluding hydrogens is 496 g/mol. The highest BCUT2D eigenvalue weighted by molar-refractivity contribution is 7.46. The standard InChI is InChI=1S/C21H26F3N2O8P/c22-21(23,24)18-12-16(8-9-20(25,13-27)14-34-35(30,31)32)6-7-19(18)33-10-2-4-15-3-1-5-17(11-15)26(28)29/h1,3,5-7,11-12,27H,2,4,8-10,13-14,25H2,(H2,30,31,32). The number of halogens is 3. The first-order valence-corrected chi connectivity index (χ1v) is 11.9. The minimum absolute atomic E-state index is 0.0300. The van der Waals surface area contributed by atoms with E-state index >= 15 is 0 Å². The molecule has 35 heavy (non-hydrogen) atoms. The molecule has 0 amide bonds. The van der Waals surface area contributed by atoms with Crippen molar-refractivity contribution in [1.29, 1.82) is 0 Å². The van der Waals surface area contributed by atoms with Gasteiger partial charge in [0.05, 0.1) is 35.8 Å². The van der Waals surface area contributed by atoms with Crippen molar-refractivity contribution in [3.8, 4) is 5.75 Å². The largest absolute Gasteiger partial charge is 0.493 e. The molecule has 0 saturated carbocycles. The molecule has 10 nitrogen and oxygen atoms in total. The number of nitrogens with two attached hydrogens (primary N) is 1. The van der Waals surface area contributed by atoms with Crippen LogP contribution in [0, 0.1) is 10.1 Å². The maximum Gasteiger partial charge on any atom is 0.469 e. The summed E-state index contributed by atoms with van der Waals surface area (Å²) in [5, 5.41) is 20.3. The summed E-state index contributed by atoms with van der Waals surface area (Å²) in [7, 11) is -4.83. The molecule has 14 heteroatoms. The van der Waals surface area contributed by atoms with Gasteiger partial charge in [-0.05, 0) is 48.9 Å². The summed E-state index contributed by atoms with van der Waals surface area (Å²) in [5.74, 6) is -0.383. The van der Waals surface area contributed by atoms with Crippen molar-refractivity contribution in [3.63, 3.8) is 0 Å². The zero-order chi connectivity index (χ0) is 26.3. The lowest BCUT2D eigenvalue weighted by atomic mass is 9.93. The van der Waals surface area contributed by atoms with Gasteiger partial charge in [0.15, 0.2) is 0 Å². The quantitative estimate of drug-likeness (QED) is 0.134. The maximum atomic E-state index is 13.6. The van der Waals surface area contributed by atoms with Gasteiger partial charge in [-0.25, -0.2) is 4.57 Å². The smallest absolute Gasteiger partial charge is 0.469 e. The molecule has 0 spiro atoms. The van der Waals surface area contributed by atoms with E-state index in [9.17, 15) is 33.0 Å². The van der Waals surface area contributed by atoms with E-state index in [2.05, 4.69) is 4.52 Å². The second-order valence-corrected chi connectivity index (χ2v) is 9.23. The first-order valence-electron chi connectivity index (χ1n) is 10.4. The molecule has 0 fully saturated rings. The molecule has 2 aromatic rings. The van der Waals surface area contributed by atoms with Crippen LogP contribution in [0.15, 0.2) is 42.5 Å². The predicted molar refractivity (Wildman–Crippen MR) is 119 cm³/mol. The van der Waals surface area contributed by atoms with Crippen LogP contribution in [0.1, 0.15) is 29.5 Å². The van der Waals surface area contributed by atoms with Gasteiger partial charge in [0, 0.05) is 12.1 Å². The number of non-ortho nitro benzene ring substituents is 1. The Kier molecular flexibility index (Phi) is 9.78. The summed E-state index contributed by atoms with van der Waals surface area (Å²) in [5.41, 5.74) is 4.09. The van der Waals surface area contributed by atoms with E-state index in [1.807, 2.05) is 0 Å². The highest BCUT2D eigenvalue weighted by atomic mass is 31.2. The number of nitrogens with zero attached hydrogens (tertiary/aromatic N) is 1. The highest BCUT2D eigenvalue weighted by Gasteiger charge is 2.35. The number of phosphoric ester groups is 1. The second kappa shape index (κ2) is 11.9. The summed E-state index contributed by atoms with van der Waals surface area (Å²) in [4.78, 5) is 27.9. The third-order valence-corrected chi connectivity index (χ3v) is 5.55. The van der Waals surface area contributed by atoms with Crippen LogP contribution in [0.2, 0.25) is 0 Å². The van der Waals surface area contributed by atoms with Crippen LogP contribution in [-0.2, 0) is 28.1 Å². The number of rotatable bonds is 13. The number of nitro groups is 1. The molecule has 0 bridgehead atoms. The average Bonchev–Trinajstić information content (AvgIpc) is 2.78. The van der Waals surface area contributed by atoms with Gasteiger partial charge >= 0.3 is 14.0 Å². The Morgan fingerprint density at radius 1 is 1.09 bits per heavy atom. The topological polar surface area (TPSA) is 165 Å². The zero-order valence-corrected chi connectivity index (χ0v) is 19.4. The van der Waals surface area contributed by atoms with Gasteiger partial charge in [0.25, 0.3) is 5.69 Å². The van der Waals surface area contributed by atoms with Crippen molar-refractivity contribution in [3.05, 3.63) is 69.3 Å². The van der Waals surface area contributed by atoms with Crippen molar-refractivity contribution in [1.82, 2.24) is 0 Å². The van der Waals surface area contributed by atoms with Crippen LogP contribution in [-0.4, -0.2) is 45.2 Å². The third kappa shape index (κ3) is 9.55. The van der Waals surface area contributed by atoms with E-state index in [1.54, 1.807) is 6.07 Å². The molecule has 1 atom stereocenters. The van der Waals surface area contributed by atoms with Gasteiger partial charge in [-0.1, -0.05) is 18.2 Å². The van der Waals surface area contributed by atoms with Gasteiger partial charge < -0.3 is 25.4 Å². The molecule has 2 aromatic carbocycles. The Morgan fingerprint density at radius 2 is 1.77 bits per heavy atom. The second-order valence-electron chi connectivity index (χ2n) is 7.99. The number of hydrogen-bond donors (Lipinski definition) is 4. The average molecular weight is 522 g/mol. The zero-order valence-electron chi connectivity index (χ0n) is 18.5. The Bertz CT molecular complexity index is 1060. The molecule has 0 aliphatic carbocycles. The van der Waals surface area contributed by atoms with Crippen molar-refractivity contribution in [2.24, 2.45) is 5.73 Å². The summed E-state index contributed by atoms with van der Waals surface area (Å²) < 4.78 is 61.3. The minimum atomic E-state index is -4.83. The van der Waals surface area contributed by atoms with E-state index < -0.39 is 43.2 Å². The molecule has 0 heterocycles. The number of aliphatic hydroxyl groups is 1. The summed E-state index contributed by atoms with van der Waals surface area (Å²) >= 11 is 0. The molecule has 0 saturated heterocycles. The van der Waals surface area contributed by atoms with Crippen molar-refractivity contribution >= 4 is 13.5 Å². The van der Waals surface area contributed by atoms with E-state index in [4.69, 9.17) is 20.3 Å². The van der Waals surface area contributed by atoms with Crippen LogP contribution in [0.5, 0.6) is 5.75 Å². The fourth-order valence-corrected chi connectivity index (χ4v) is 3.59. The monoisotopic (exact) mass is 522 g/mol. The van der Waals surface area contributed by atoms with E-state index in [1.165, 1.54) is 24.3 Å². The first kappa shape index (κ1) is 28.7. The van der Waals surface area contributed by atoms with Crippen LogP contribution in [0.4, 0.5) is 18.9 Å². The normalized spacial score (nSPS) is 13.9. The maximum absolute atomic E-state index is 13.6. The van der Waals surface area contributed by atoms with Crippen molar-refractivity contribution in [2.45, 2.75) is 37.4 Å². The first-order chi connectivity index (χ1) is 16.2. The minimum Gasteiger partial charge on any atom is -0.493 e. The Hall–Kier alpha value is -2.54. The van der Waals surface area contributed by atoms with Gasteiger partial charge in [-0.15, -0.1) is 0 Å². The number of phosphoric acid groups is 1. The predicted octanol–water partition coefficient (Wildman–Crippen LogP) is 3.36. The molecule has 0 aromatic heterocycles. The van der Waals surface area contributed by atoms with Gasteiger partial charge in [0.1, 0.15) is 5.75 Å². The molecule has 1 unspecified atom stereocenters. The van der Waals surface area contributed by atoms with Crippen LogP contribution >= 0.6 is 7.82 Å². The molecule has 194 valence electrons. The van der Waals surface area contributed by atoms with Gasteiger partial charge in [0.2, 0.25) is 0 Å². The van der Waals surface area contributed by atoms with E-state index in [0.29, 0.717) is 18.4 Å². The molecule has 0 radical (unpaired) electrons. The Balaban J connectivity index is 2.02. The van der Waals surface area contributed by atoms with E-state index in [0.717, 1.165) is 12.1 Å². The number of ether oxygens (including phenoxy) is 1. The number of aliphatic hydroxyl groups excluding tert-OH is 1. The molecule has 0 aliphatic rings. The Morgan fingerprint density at radius 3 is 2.37 bits per heavy atom. The summed E-state index contributed by atoms with van der Waals surface area (Å²) in [6.07, 6.45) is -4.16. The molecule has 5 N–H and O–H groups in total. The molecular formula is C21H26F3N2O8P. The number of nitro benzene ring substituents is 1. The molecule has 2 rings (SSSR count). The number of hydrogen-bond acceptors (Lipinski definition) is 7. The number of benzene rings is 2. The van der Waals surface area contributed by atoms with Crippen LogP contribution in [0.3, 0.4) is 0 Å². The Labute approximate surface area is 198 Å². The third-order valence-electron chi connectivity index (χ3n) is 5.08. The van der Waals surface area contributed by atoms with Crippen molar-refractivity contribution in [2.75, 3.05) is 19.8 Å². The summed E-state index contributed by atoms with van der Waals surface area (Å²) in [6.45, 7) is -1.45. The van der Waals surface area contributed by atoms with Crippen LogP contribution < -0.4 is 10.5 Å². The SMILES string of the molecule is NC(CO)(CCc1ccc(OCCCc2cccc([N+](=O)[O-])c2)c(C(F)(F)F)c1)COP(=O)(O)O. The van der Waals surface area contributed by atoms with Crippen molar-refractivity contribution < 1.29 is 46.8 Å². The van der Waals surface area contributed by atoms with E-state index in [-0.39, 0.29) is 36.4 Å². The van der Waals surface area contributed by atoms with Gasteiger partial charge in [-0.2, -0.15) is 13.2 Å². The lowest BCUT2D eigenvalue weighted by Crippen LogP contribution is -2.48.